The minimum atomic E-state index is -4.08. The van der Waals surface area contributed by atoms with E-state index >= 15 is 0 Å². The van der Waals surface area contributed by atoms with Crippen LogP contribution < -0.4 is 5.32 Å². The number of alkyl halides is 3. The lowest BCUT2D eigenvalue weighted by atomic mass is 9.84. The van der Waals surface area contributed by atoms with Crippen molar-refractivity contribution in [1.82, 2.24) is 10.3 Å². The molecule has 0 radical (unpaired) electrons. The zero-order chi connectivity index (χ0) is 13.7. The Balaban J connectivity index is 1.83. The molecule has 1 N–H and O–H groups in total. The number of nitrogens with zero attached hydrogens (tertiary/aromatic N) is 1. The fourth-order valence-electron chi connectivity index (χ4n) is 2.70. The van der Waals surface area contributed by atoms with Gasteiger partial charge in [0.25, 0.3) is 0 Å². The first-order valence-electron chi connectivity index (χ1n) is 6.77. The Morgan fingerprint density at radius 3 is 2.68 bits per heavy atom. The lowest BCUT2D eigenvalue weighted by Gasteiger charge is -2.33. The van der Waals surface area contributed by atoms with Crippen LogP contribution in [0.25, 0.3) is 0 Å². The van der Waals surface area contributed by atoms with E-state index in [0.29, 0.717) is 25.8 Å². The first-order valence-corrected chi connectivity index (χ1v) is 6.77. The highest BCUT2D eigenvalue weighted by Crippen LogP contribution is 2.37. The number of halogens is 3. The van der Waals surface area contributed by atoms with Gasteiger partial charge in [-0.25, -0.2) is 0 Å². The van der Waals surface area contributed by atoms with Crippen molar-refractivity contribution in [3.8, 4) is 0 Å². The highest BCUT2D eigenvalue weighted by Gasteiger charge is 2.45. The van der Waals surface area contributed by atoms with Gasteiger partial charge in [-0.2, -0.15) is 13.2 Å². The van der Waals surface area contributed by atoms with Crippen LogP contribution in [0.3, 0.4) is 0 Å². The van der Waals surface area contributed by atoms with Crippen molar-refractivity contribution in [3.05, 3.63) is 30.1 Å². The summed E-state index contributed by atoms with van der Waals surface area (Å²) in [7, 11) is 0. The summed E-state index contributed by atoms with van der Waals surface area (Å²) in [5.74, 6) is -1.19. The van der Waals surface area contributed by atoms with E-state index in [1.807, 2.05) is 18.2 Å². The normalized spacial score (nSPS) is 24.4. The van der Waals surface area contributed by atoms with Gasteiger partial charge in [-0.1, -0.05) is 18.9 Å². The summed E-state index contributed by atoms with van der Waals surface area (Å²) in [5, 5.41) is 3.07. The Bertz CT molecular complexity index is 378. The number of aromatic nitrogens is 1. The number of nitrogens with one attached hydrogen (secondary N) is 1. The first kappa shape index (κ1) is 14.3. The maximum atomic E-state index is 12.9. The Labute approximate surface area is 111 Å². The topological polar surface area (TPSA) is 24.9 Å². The van der Waals surface area contributed by atoms with Gasteiger partial charge in [0.1, 0.15) is 0 Å². The Kier molecular flexibility index (Phi) is 4.80. The molecule has 1 fully saturated rings. The molecule has 19 heavy (non-hydrogen) atoms. The second kappa shape index (κ2) is 6.37. The predicted octanol–water partition coefficient (Wildman–Crippen LogP) is 3.33. The molecule has 1 heterocycles. The molecule has 0 aromatic carbocycles. The Morgan fingerprint density at radius 1 is 1.21 bits per heavy atom. The summed E-state index contributed by atoms with van der Waals surface area (Å²) in [6.45, 7) is 0.550. The molecule has 106 valence electrons. The molecule has 2 unspecified atom stereocenters. The summed E-state index contributed by atoms with van der Waals surface area (Å²) in [6, 6.07) is 5.18. The van der Waals surface area contributed by atoms with Crippen LogP contribution in [0.4, 0.5) is 13.2 Å². The SMILES string of the molecule is FC(F)(F)C1CCCCC1NCCc1ccccn1. The largest absolute Gasteiger partial charge is 0.393 e. The van der Waals surface area contributed by atoms with Gasteiger partial charge in [-0.15, -0.1) is 0 Å². The van der Waals surface area contributed by atoms with E-state index in [1.165, 1.54) is 0 Å². The number of rotatable bonds is 4. The van der Waals surface area contributed by atoms with Gasteiger partial charge >= 0.3 is 6.18 Å². The molecule has 0 saturated heterocycles. The quantitative estimate of drug-likeness (QED) is 0.909. The molecule has 0 amide bonds. The third-order valence-electron chi connectivity index (χ3n) is 3.70. The molecule has 0 aliphatic heterocycles. The van der Waals surface area contributed by atoms with Gasteiger partial charge in [0.15, 0.2) is 0 Å². The molecular formula is C14H19F3N2. The first-order chi connectivity index (χ1) is 9.07. The average Bonchev–Trinajstić information content (AvgIpc) is 2.39. The average molecular weight is 272 g/mol. The second-order valence-corrected chi connectivity index (χ2v) is 5.06. The Morgan fingerprint density at radius 2 is 2.00 bits per heavy atom. The van der Waals surface area contributed by atoms with E-state index in [2.05, 4.69) is 10.3 Å². The molecule has 1 aromatic rings. The van der Waals surface area contributed by atoms with Crippen molar-refractivity contribution in [2.45, 2.75) is 44.3 Å². The van der Waals surface area contributed by atoms with E-state index in [0.717, 1.165) is 12.1 Å². The molecular weight excluding hydrogens is 253 g/mol. The van der Waals surface area contributed by atoms with Crippen LogP contribution in [0, 0.1) is 5.92 Å². The van der Waals surface area contributed by atoms with Gasteiger partial charge in [0, 0.05) is 30.9 Å². The lowest BCUT2D eigenvalue weighted by molar-refractivity contribution is -0.188. The standard InChI is InChI=1S/C14H19F3N2/c15-14(16,17)12-6-1-2-7-13(12)19-10-8-11-5-3-4-9-18-11/h3-5,9,12-13,19H,1-2,6-8,10H2. The second-order valence-electron chi connectivity index (χ2n) is 5.06. The van der Waals surface area contributed by atoms with Crippen molar-refractivity contribution in [3.63, 3.8) is 0 Å². The highest BCUT2D eigenvalue weighted by molar-refractivity contribution is 5.03. The van der Waals surface area contributed by atoms with E-state index in [-0.39, 0.29) is 6.42 Å². The van der Waals surface area contributed by atoms with Crippen molar-refractivity contribution < 1.29 is 13.2 Å². The predicted molar refractivity (Wildman–Crippen MR) is 67.7 cm³/mol. The zero-order valence-electron chi connectivity index (χ0n) is 10.8. The molecule has 1 aliphatic rings. The van der Waals surface area contributed by atoms with Crippen molar-refractivity contribution in [2.24, 2.45) is 5.92 Å². The summed E-state index contributed by atoms with van der Waals surface area (Å²) < 4.78 is 38.7. The maximum absolute atomic E-state index is 12.9. The molecule has 5 heteroatoms. The monoisotopic (exact) mass is 272 g/mol. The van der Waals surface area contributed by atoms with E-state index in [9.17, 15) is 13.2 Å². The molecule has 1 aliphatic carbocycles. The summed E-state index contributed by atoms with van der Waals surface area (Å²) in [5.41, 5.74) is 0.911. The third-order valence-corrected chi connectivity index (χ3v) is 3.70. The van der Waals surface area contributed by atoms with Gasteiger partial charge < -0.3 is 5.32 Å². The van der Waals surface area contributed by atoms with Crippen LogP contribution in [-0.2, 0) is 6.42 Å². The van der Waals surface area contributed by atoms with Gasteiger partial charge in [-0.3, -0.25) is 4.98 Å². The van der Waals surface area contributed by atoms with Gasteiger partial charge in [0.2, 0.25) is 0 Å². The van der Waals surface area contributed by atoms with Crippen LogP contribution in [0.5, 0.6) is 0 Å². The number of hydrogen-bond acceptors (Lipinski definition) is 2. The minimum Gasteiger partial charge on any atom is -0.313 e. The summed E-state index contributed by atoms with van der Waals surface area (Å²) in [6.07, 6.45) is 0.729. The third kappa shape index (κ3) is 4.20. The molecule has 0 bridgehead atoms. The smallest absolute Gasteiger partial charge is 0.313 e. The van der Waals surface area contributed by atoms with E-state index in [4.69, 9.17) is 0 Å². The van der Waals surface area contributed by atoms with Crippen LogP contribution in [0.15, 0.2) is 24.4 Å². The molecule has 1 saturated carbocycles. The molecule has 2 atom stereocenters. The van der Waals surface area contributed by atoms with Gasteiger partial charge in [0.05, 0.1) is 5.92 Å². The molecule has 1 aromatic heterocycles. The zero-order valence-corrected chi connectivity index (χ0v) is 10.8. The summed E-state index contributed by atoms with van der Waals surface area (Å²) >= 11 is 0. The van der Waals surface area contributed by atoms with Crippen LogP contribution in [0.2, 0.25) is 0 Å². The van der Waals surface area contributed by atoms with Crippen molar-refractivity contribution >= 4 is 0 Å². The lowest BCUT2D eigenvalue weighted by Crippen LogP contribution is -2.46. The number of hydrogen-bond donors (Lipinski definition) is 1. The highest BCUT2D eigenvalue weighted by atomic mass is 19.4. The van der Waals surface area contributed by atoms with Crippen LogP contribution in [0.1, 0.15) is 31.4 Å². The maximum Gasteiger partial charge on any atom is 0.393 e. The van der Waals surface area contributed by atoms with Crippen molar-refractivity contribution in [2.75, 3.05) is 6.54 Å². The molecule has 2 rings (SSSR count). The van der Waals surface area contributed by atoms with Crippen LogP contribution in [-0.4, -0.2) is 23.7 Å². The fraction of sp³-hybridized carbons (Fsp3) is 0.643. The molecule has 0 spiro atoms. The fourth-order valence-corrected chi connectivity index (χ4v) is 2.70. The Hall–Kier alpha value is -1.10. The van der Waals surface area contributed by atoms with Gasteiger partial charge in [-0.05, 0) is 25.0 Å². The number of pyridine rings is 1. The van der Waals surface area contributed by atoms with Crippen LogP contribution >= 0.6 is 0 Å². The molecule has 2 nitrogen and oxygen atoms in total. The summed E-state index contributed by atoms with van der Waals surface area (Å²) in [4.78, 5) is 4.17. The van der Waals surface area contributed by atoms with E-state index in [1.54, 1.807) is 6.20 Å². The minimum absolute atomic E-state index is 0.255. The van der Waals surface area contributed by atoms with Crippen molar-refractivity contribution in [1.29, 1.82) is 0 Å². The van der Waals surface area contributed by atoms with E-state index < -0.39 is 18.1 Å².